The van der Waals surface area contributed by atoms with Gasteiger partial charge in [-0.1, -0.05) is 0 Å². The summed E-state index contributed by atoms with van der Waals surface area (Å²) in [5, 5.41) is 4.29. The summed E-state index contributed by atoms with van der Waals surface area (Å²) >= 11 is 0. The van der Waals surface area contributed by atoms with Gasteiger partial charge in [0.2, 0.25) is 5.88 Å². The van der Waals surface area contributed by atoms with E-state index in [1.165, 1.54) is 0 Å². The van der Waals surface area contributed by atoms with E-state index in [2.05, 4.69) is 25.9 Å². The van der Waals surface area contributed by atoms with Crippen LogP contribution in [0.1, 0.15) is 26.3 Å². The van der Waals surface area contributed by atoms with E-state index >= 15 is 0 Å². The predicted octanol–water partition coefficient (Wildman–Crippen LogP) is 1.96. The summed E-state index contributed by atoms with van der Waals surface area (Å²) < 4.78 is 7.01. The molecule has 0 saturated heterocycles. The van der Waals surface area contributed by atoms with Crippen LogP contribution in [0.2, 0.25) is 0 Å². The monoisotopic (exact) mass is 168 g/mol. The maximum atomic E-state index is 5.09. The van der Waals surface area contributed by atoms with Crippen molar-refractivity contribution in [2.45, 2.75) is 33.2 Å². The highest BCUT2D eigenvalue weighted by molar-refractivity contribution is 5.21. The first-order valence-corrected chi connectivity index (χ1v) is 4.06. The lowest BCUT2D eigenvalue weighted by Crippen LogP contribution is -2.22. The van der Waals surface area contributed by atoms with E-state index in [0.29, 0.717) is 5.88 Å². The second-order valence-corrected chi connectivity index (χ2v) is 3.94. The van der Waals surface area contributed by atoms with Gasteiger partial charge in [0.1, 0.15) is 0 Å². The van der Waals surface area contributed by atoms with Crippen LogP contribution >= 0.6 is 0 Å². The summed E-state index contributed by atoms with van der Waals surface area (Å²) in [6.07, 6.45) is 2.00. The second-order valence-electron chi connectivity index (χ2n) is 3.94. The van der Waals surface area contributed by atoms with Crippen LogP contribution in [-0.4, -0.2) is 16.9 Å². The Labute approximate surface area is 73.3 Å². The number of aromatic nitrogens is 2. The molecule has 0 spiro atoms. The van der Waals surface area contributed by atoms with Crippen LogP contribution in [0.5, 0.6) is 5.88 Å². The van der Waals surface area contributed by atoms with Crippen molar-refractivity contribution in [1.82, 2.24) is 9.78 Å². The quantitative estimate of drug-likeness (QED) is 0.641. The van der Waals surface area contributed by atoms with E-state index in [0.717, 1.165) is 5.56 Å². The van der Waals surface area contributed by atoms with Gasteiger partial charge in [0.15, 0.2) is 0 Å². The van der Waals surface area contributed by atoms with Crippen LogP contribution in [0.25, 0.3) is 0 Å². The molecule has 1 heterocycles. The maximum Gasteiger partial charge on any atom is 0.235 e. The molecule has 0 aliphatic heterocycles. The van der Waals surface area contributed by atoms with E-state index in [-0.39, 0.29) is 5.54 Å². The summed E-state index contributed by atoms with van der Waals surface area (Å²) in [5.41, 5.74) is 1.11. The molecule has 3 nitrogen and oxygen atoms in total. The smallest absolute Gasteiger partial charge is 0.235 e. The van der Waals surface area contributed by atoms with Gasteiger partial charge in [-0.05, 0) is 27.7 Å². The number of hydrogen-bond donors (Lipinski definition) is 0. The molecular formula is C9H16N2O. The van der Waals surface area contributed by atoms with Crippen LogP contribution in [0.15, 0.2) is 6.20 Å². The van der Waals surface area contributed by atoms with Crippen LogP contribution in [0, 0.1) is 6.92 Å². The van der Waals surface area contributed by atoms with E-state index in [1.807, 2.05) is 17.8 Å². The minimum atomic E-state index is 0.0293. The normalized spacial score (nSPS) is 11.8. The molecule has 0 aliphatic rings. The van der Waals surface area contributed by atoms with Gasteiger partial charge in [0, 0.05) is 11.8 Å². The first-order chi connectivity index (χ1) is 5.45. The van der Waals surface area contributed by atoms with Crippen LogP contribution < -0.4 is 4.74 Å². The zero-order valence-electron chi connectivity index (χ0n) is 8.38. The fourth-order valence-electron chi connectivity index (χ4n) is 0.990. The van der Waals surface area contributed by atoms with Crippen molar-refractivity contribution in [3.63, 3.8) is 0 Å². The topological polar surface area (TPSA) is 27.1 Å². The number of rotatable bonds is 1. The zero-order valence-corrected chi connectivity index (χ0v) is 8.38. The van der Waals surface area contributed by atoms with Gasteiger partial charge in [-0.25, -0.2) is 0 Å². The maximum absolute atomic E-state index is 5.09. The average Bonchev–Trinajstić information content (AvgIpc) is 2.29. The van der Waals surface area contributed by atoms with Gasteiger partial charge in [-0.3, -0.25) is 4.68 Å². The lowest BCUT2D eigenvalue weighted by atomic mass is 10.1. The first kappa shape index (κ1) is 9.10. The molecule has 3 heteroatoms. The number of nitrogens with zero attached hydrogens (tertiary/aromatic N) is 2. The molecule has 0 fully saturated rings. The van der Waals surface area contributed by atoms with Crippen molar-refractivity contribution in [2.75, 3.05) is 7.11 Å². The van der Waals surface area contributed by atoms with Crippen molar-refractivity contribution in [3.8, 4) is 5.88 Å². The minimum Gasteiger partial charge on any atom is -0.480 e. The van der Waals surface area contributed by atoms with Gasteiger partial charge < -0.3 is 4.74 Å². The SMILES string of the molecule is COc1nn(C(C)(C)C)cc1C. The van der Waals surface area contributed by atoms with E-state index in [1.54, 1.807) is 7.11 Å². The lowest BCUT2D eigenvalue weighted by molar-refractivity contribution is 0.329. The highest BCUT2D eigenvalue weighted by atomic mass is 16.5. The van der Waals surface area contributed by atoms with Crippen molar-refractivity contribution < 1.29 is 4.74 Å². The average molecular weight is 168 g/mol. The Morgan fingerprint density at radius 1 is 1.42 bits per heavy atom. The second kappa shape index (κ2) is 2.81. The largest absolute Gasteiger partial charge is 0.480 e. The third-order valence-corrected chi connectivity index (χ3v) is 1.73. The molecule has 0 amide bonds. The molecule has 0 aliphatic carbocycles. The van der Waals surface area contributed by atoms with Crippen LogP contribution in [-0.2, 0) is 5.54 Å². The molecular weight excluding hydrogens is 152 g/mol. The molecule has 0 atom stereocenters. The van der Waals surface area contributed by atoms with Gasteiger partial charge in [0.05, 0.1) is 12.6 Å². The molecule has 0 radical (unpaired) electrons. The van der Waals surface area contributed by atoms with Gasteiger partial charge in [0.25, 0.3) is 0 Å². The summed E-state index contributed by atoms with van der Waals surface area (Å²) in [6.45, 7) is 8.32. The zero-order chi connectivity index (χ0) is 9.35. The fraction of sp³-hybridized carbons (Fsp3) is 0.667. The third-order valence-electron chi connectivity index (χ3n) is 1.73. The Morgan fingerprint density at radius 3 is 2.25 bits per heavy atom. The van der Waals surface area contributed by atoms with Crippen LogP contribution in [0.3, 0.4) is 0 Å². The summed E-state index contributed by atoms with van der Waals surface area (Å²) in [4.78, 5) is 0. The van der Waals surface area contributed by atoms with Gasteiger partial charge in [-0.2, -0.15) is 0 Å². The number of methoxy groups -OCH3 is 1. The fourth-order valence-corrected chi connectivity index (χ4v) is 0.990. The summed E-state index contributed by atoms with van der Waals surface area (Å²) in [6, 6.07) is 0. The summed E-state index contributed by atoms with van der Waals surface area (Å²) in [5.74, 6) is 0.713. The number of ether oxygens (including phenoxy) is 1. The molecule has 0 saturated carbocycles. The van der Waals surface area contributed by atoms with Crippen molar-refractivity contribution in [2.24, 2.45) is 0 Å². The molecule has 0 bridgehead atoms. The highest BCUT2D eigenvalue weighted by Gasteiger charge is 2.16. The van der Waals surface area contributed by atoms with Crippen molar-refractivity contribution >= 4 is 0 Å². The molecule has 1 aromatic rings. The first-order valence-electron chi connectivity index (χ1n) is 4.06. The molecule has 12 heavy (non-hydrogen) atoms. The van der Waals surface area contributed by atoms with E-state index < -0.39 is 0 Å². The Kier molecular flexibility index (Phi) is 2.13. The Bertz CT molecular complexity index is 271. The highest BCUT2D eigenvalue weighted by Crippen LogP contribution is 2.19. The molecule has 0 aromatic carbocycles. The standard InChI is InChI=1S/C9H16N2O/c1-7-6-11(9(2,3)4)10-8(7)12-5/h6H,1-5H3. The van der Waals surface area contributed by atoms with Crippen molar-refractivity contribution in [3.05, 3.63) is 11.8 Å². The van der Waals surface area contributed by atoms with Gasteiger partial charge >= 0.3 is 0 Å². The molecule has 1 aromatic heterocycles. The van der Waals surface area contributed by atoms with Crippen molar-refractivity contribution in [1.29, 1.82) is 0 Å². The minimum absolute atomic E-state index is 0.0293. The molecule has 0 N–H and O–H groups in total. The Balaban J connectivity index is 3.05. The van der Waals surface area contributed by atoms with Crippen LogP contribution in [0.4, 0.5) is 0 Å². The third kappa shape index (κ3) is 1.60. The van der Waals surface area contributed by atoms with E-state index in [9.17, 15) is 0 Å². The Hall–Kier alpha value is -0.990. The molecule has 68 valence electrons. The van der Waals surface area contributed by atoms with Gasteiger partial charge in [-0.15, -0.1) is 5.10 Å². The predicted molar refractivity (Wildman–Crippen MR) is 48.5 cm³/mol. The van der Waals surface area contributed by atoms with E-state index in [4.69, 9.17) is 4.74 Å². The number of aryl methyl sites for hydroxylation is 1. The molecule has 0 unspecified atom stereocenters. The number of hydrogen-bond acceptors (Lipinski definition) is 2. The Morgan fingerprint density at radius 2 is 2.00 bits per heavy atom. The summed E-state index contributed by atoms with van der Waals surface area (Å²) in [7, 11) is 1.64. The lowest BCUT2D eigenvalue weighted by Gasteiger charge is -2.18. The molecule has 1 rings (SSSR count).